The van der Waals surface area contributed by atoms with Crippen molar-refractivity contribution in [3.8, 4) is 0 Å². The standard InChI is InChI=1S/C14H21N3O4/c1-20-8-9-21-11-13(18)16-6-3-7-17-14(19)12-4-2-5-15-10-12/h2,4-5,10H,3,6-9,11H2,1H3,(H,16,18)(H,17,19). The summed E-state index contributed by atoms with van der Waals surface area (Å²) in [7, 11) is 1.57. The summed E-state index contributed by atoms with van der Waals surface area (Å²) >= 11 is 0. The molecule has 21 heavy (non-hydrogen) atoms. The van der Waals surface area contributed by atoms with Gasteiger partial charge in [-0.05, 0) is 18.6 Å². The zero-order chi connectivity index (χ0) is 15.3. The number of methoxy groups -OCH3 is 1. The highest BCUT2D eigenvalue weighted by Gasteiger charge is 2.04. The molecule has 2 N–H and O–H groups in total. The Morgan fingerprint density at radius 2 is 2.05 bits per heavy atom. The maximum atomic E-state index is 11.7. The average molecular weight is 295 g/mol. The molecule has 0 radical (unpaired) electrons. The number of pyridine rings is 1. The zero-order valence-corrected chi connectivity index (χ0v) is 12.1. The molecule has 7 heteroatoms. The van der Waals surface area contributed by atoms with Crippen LogP contribution in [0.3, 0.4) is 0 Å². The Balaban J connectivity index is 2.01. The molecule has 0 aromatic carbocycles. The second-order valence-corrected chi connectivity index (χ2v) is 4.25. The van der Waals surface area contributed by atoms with Crippen molar-refractivity contribution in [3.63, 3.8) is 0 Å². The summed E-state index contributed by atoms with van der Waals surface area (Å²) in [6.45, 7) is 1.85. The van der Waals surface area contributed by atoms with Gasteiger partial charge >= 0.3 is 0 Å². The number of nitrogens with zero attached hydrogens (tertiary/aromatic N) is 1. The van der Waals surface area contributed by atoms with Crippen LogP contribution in [0.1, 0.15) is 16.8 Å². The molecule has 2 amide bonds. The fourth-order valence-electron chi connectivity index (χ4n) is 1.48. The molecule has 0 saturated heterocycles. The predicted molar refractivity (Wildman–Crippen MR) is 76.9 cm³/mol. The zero-order valence-electron chi connectivity index (χ0n) is 12.1. The second-order valence-electron chi connectivity index (χ2n) is 4.25. The number of nitrogens with one attached hydrogen (secondary N) is 2. The van der Waals surface area contributed by atoms with Gasteiger partial charge in [0.25, 0.3) is 5.91 Å². The Hall–Kier alpha value is -1.99. The molecule has 0 bridgehead atoms. The van der Waals surface area contributed by atoms with E-state index in [2.05, 4.69) is 15.6 Å². The molecule has 0 unspecified atom stereocenters. The first kappa shape index (κ1) is 17.1. The third kappa shape index (κ3) is 8.01. The van der Waals surface area contributed by atoms with Crippen molar-refractivity contribution in [3.05, 3.63) is 30.1 Å². The number of hydrogen-bond acceptors (Lipinski definition) is 5. The smallest absolute Gasteiger partial charge is 0.252 e. The van der Waals surface area contributed by atoms with E-state index in [4.69, 9.17) is 9.47 Å². The lowest BCUT2D eigenvalue weighted by Gasteiger charge is -2.07. The van der Waals surface area contributed by atoms with Gasteiger partial charge in [0.2, 0.25) is 5.91 Å². The first-order valence-corrected chi connectivity index (χ1v) is 6.75. The Labute approximate surface area is 124 Å². The Kier molecular flexibility index (Phi) is 8.74. The number of rotatable bonds is 10. The second kappa shape index (κ2) is 10.8. The van der Waals surface area contributed by atoms with Gasteiger partial charge in [0, 0.05) is 32.6 Å². The van der Waals surface area contributed by atoms with Gasteiger partial charge in [0.05, 0.1) is 18.8 Å². The normalized spacial score (nSPS) is 10.1. The minimum Gasteiger partial charge on any atom is -0.382 e. The third-order valence-corrected chi connectivity index (χ3v) is 2.55. The van der Waals surface area contributed by atoms with Gasteiger partial charge in [-0.1, -0.05) is 0 Å². The summed E-state index contributed by atoms with van der Waals surface area (Å²) < 4.78 is 9.87. The van der Waals surface area contributed by atoms with Gasteiger partial charge in [0.1, 0.15) is 6.61 Å². The lowest BCUT2D eigenvalue weighted by atomic mass is 10.2. The van der Waals surface area contributed by atoms with Gasteiger partial charge in [-0.3, -0.25) is 14.6 Å². The average Bonchev–Trinajstić information content (AvgIpc) is 2.52. The van der Waals surface area contributed by atoms with Gasteiger partial charge in [-0.15, -0.1) is 0 Å². The van der Waals surface area contributed by atoms with E-state index in [9.17, 15) is 9.59 Å². The van der Waals surface area contributed by atoms with Gasteiger partial charge in [0.15, 0.2) is 0 Å². The molecule has 0 fully saturated rings. The molecular weight excluding hydrogens is 274 g/mol. The monoisotopic (exact) mass is 295 g/mol. The van der Waals surface area contributed by atoms with Crippen LogP contribution in [0, 0.1) is 0 Å². The summed E-state index contributed by atoms with van der Waals surface area (Å²) in [6, 6.07) is 3.40. The van der Waals surface area contributed by atoms with Crippen LogP contribution < -0.4 is 10.6 Å². The number of carbonyl (C=O) groups excluding carboxylic acids is 2. The van der Waals surface area contributed by atoms with Crippen LogP contribution in [-0.2, 0) is 14.3 Å². The lowest BCUT2D eigenvalue weighted by molar-refractivity contribution is -0.126. The maximum Gasteiger partial charge on any atom is 0.252 e. The molecule has 0 saturated carbocycles. The van der Waals surface area contributed by atoms with Crippen LogP contribution in [0.15, 0.2) is 24.5 Å². The highest BCUT2D eigenvalue weighted by Crippen LogP contribution is 1.94. The van der Waals surface area contributed by atoms with Crippen LogP contribution in [-0.4, -0.2) is 56.8 Å². The number of carbonyl (C=O) groups is 2. The fourth-order valence-corrected chi connectivity index (χ4v) is 1.48. The highest BCUT2D eigenvalue weighted by atomic mass is 16.5. The van der Waals surface area contributed by atoms with E-state index in [0.717, 1.165) is 0 Å². The van der Waals surface area contributed by atoms with E-state index in [-0.39, 0.29) is 18.4 Å². The van der Waals surface area contributed by atoms with Crippen molar-refractivity contribution in [2.24, 2.45) is 0 Å². The SMILES string of the molecule is COCCOCC(=O)NCCCNC(=O)c1cccnc1. The van der Waals surface area contributed by atoms with Crippen LogP contribution in [0.25, 0.3) is 0 Å². The quantitative estimate of drug-likeness (QED) is 0.592. The van der Waals surface area contributed by atoms with Crippen LogP contribution >= 0.6 is 0 Å². The van der Waals surface area contributed by atoms with Gasteiger partial charge in [-0.2, -0.15) is 0 Å². The molecule has 7 nitrogen and oxygen atoms in total. The summed E-state index contributed by atoms with van der Waals surface area (Å²) in [4.78, 5) is 26.9. The lowest BCUT2D eigenvalue weighted by Crippen LogP contribution is -2.32. The van der Waals surface area contributed by atoms with Crippen molar-refractivity contribution >= 4 is 11.8 Å². The molecule has 0 atom stereocenters. The maximum absolute atomic E-state index is 11.7. The Morgan fingerprint density at radius 3 is 2.76 bits per heavy atom. The Morgan fingerprint density at radius 1 is 1.24 bits per heavy atom. The van der Waals surface area contributed by atoms with Crippen molar-refractivity contribution in [2.75, 3.05) is 40.0 Å². The number of amides is 2. The minimum absolute atomic E-state index is 0.0192. The van der Waals surface area contributed by atoms with E-state index in [1.54, 1.807) is 25.4 Å². The molecular formula is C14H21N3O4. The van der Waals surface area contributed by atoms with Crippen LogP contribution in [0.2, 0.25) is 0 Å². The molecule has 1 aromatic rings. The largest absolute Gasteiger partial charge is 0.382 e. The predicted octanol–water partition coefficient (Wildman–Crippen LogP) is -0.0193. The Bertz CT molecular complexity index is 425. The number of aromatic nitrogens is 1. The van der Waals surface area contributed by atoms with Crippen LogP contribution in [0.5, 0.6) is 0 Å². The molecule has 1 aromatic heterocycles. The molecule has 1 rings (SSSR count). The molecule has 0 aliphatic rings. The first-order chi connectivity index (χ1) is 10.2. The van der Waals surface area contributed by atoms with Crippen molar-refractivity contribution in [1.29, 1.82) is 0 Å². The molecule has 0 aliphatic carbocycles. The summed E-state index contributed by atoms with van der Waals surface area (Å²) in [5.74, 6) is -0.345. The van der Waals surface area contributed by atoms with Crippen molar-refractivity contribution in [1.82, 2.24) is 15.6 Å². The minimum atomic E-state index is -0.176. The van der Waals surface area contributed by atoms with Crippen molar-refractivity contribution < 1.29 is 19.1 Å². The summed E-state index contributed by atoms with van der Waals surface area (Å²) in [6.07, 6.45) is 3.77. The van der Waals surface area contributed by atoms with Crippen molar-refractivity contribution in [2.45, 2.75) is 6.42 Å². The molecule has 0 spiro atoms. The van der Waals surface area contributed by atoms with Crippen LogP contribution in [0.4, 0.5) is 0 Å². The van der Waals surface area contributed by atoms with E-state index < -0.39 is 0 Å². The molecule has 1 heterocycles. The van der Waals surface area contributed by atoms with Gasteiger partial charge < -0.3 is 20.1 Å². The van der Waals surface area contributed by atoms with Gasteiger partial charge in [-0.25, -0.2) is 0 Å². The topological polar surface area (TPSA) is 89.5 Å². The number of hydrogen-bond donors (Lipinski definition) is 2. The van der Waals surface area contributed by atoms with E-state index in [1.807, 2.05) is 0 Å². The summed E-state index contributed by atoms with van der Waals surface area (Å²) in [5, 5.41) is 5.46. The fraction of sp³-hybridized carbons (Fsp3) is 0.500. The van der Waals surface area contributed by atoms with E-state index >= 15 is 0 Å². The molecule has 0 aliphatic heterocycles. The highest BCUT2D eigenvalue weighted by molar-refractivity contribution is 5.93. The van der Waals surface area contributed by atoms with E-state index in [1.165, 1.54) is 6.20 Å². The first-order valence-electron chi connectivity index (χ1n) is 6.75. The number of ether oxygens (including phenoxy) is 2. The third-order valence-electron chi connectivity index (χ3n) is 2.55. The summed E-state index contributed by atoms with van der Waals surface area (Å²) in [5.41, 5.74) is 0.521. The van der Waals surface area contributed by atoms with E-state index in [0.29, 0.717) is 38.3 Å². The molecule has 116 valence electrons.